The second kappa shape index (κ2) is 13.4. The average Bonchev–Trinajstić information content (AvgIpc) is 2.42. The Labute approximate surface area is 132 Å². The summed E-state index contributed by atoms with van der Waals surface area (Å²) in [5, 5.41) is 2.04. The molecule has 0 atom stereocenters. The Balaban J connectivity index is 0. The molecule has 0 heterocycles. The predicted molar refractivity (Wildman–Crippen MR) is 89.0 cm³/mol. The molecular formula is C15H31BrN2O2. The van der Waals surface area contributed by atoms with Gasteiger partial charge in [-0.3, -0.25) is 10.1 Å². The summed E-state index contributed by atoms with van der Waals surface area (Å²) in [7, 11) is 0. The van der Waals surface area contributed by atoms with Crippen LogP contribution in [-0.4, -0.2) is 16.3 Å². The Morgan fingerprint density at radius 2 is 1.35 bits per heavy atom. The highest BCUT2D eigenvalue weighted by atomic mass is 79.9. The fourth-order valence-electron chi connectivity index (χ4n) is 1.65. The van der Waals surface area contributed by atoms with Crippen LogP contribution in [0.3, 0.4) is 0 Å². The van der Waals surface area contributed by atoms with E-state index in [1.807, 2.05) is 19.2 Å². The van der Waals surface area contributed by atoms with E-state index in [2.05, 4.69) is 29.8 Å². The molecule has 0 aromatic rings. The molecule has 0 spiro atoms. The zero-order valence-corrected chi connectivity index (χ0v) is 15.0. The molecule has 3 amide bonds. The van der Waals surface area contributed by atoms with Crippen molar-refractivity contribution in [3.05, 3.63) is 0 Å². The molecule has 0 bridgehead atoms. The van der Waals surface area contributed by atoms with Crippen molar-refractivity contribution in [1.82, 2.24) is 5.32 Å². The minimum absolute atomic E-state index is 0.375. The first kappa shape index (κ1) is 21.7. The Bertz CT molecular complexity index is 261. The third-order valence-electron chi connectivity index (χ3n) is 3.22. The van der Waals surface area contributed by atoms with Crippen molar-refractivity contribution >= 4 is 27.9 Å². The number of carbonyl (C=O) groups excluding carboxylic acids is 2. The van der Waals surface area contributed by atoms with Gasteiger partial charge in [0.05, 0.1) is 0 Å². The highest BCUT2D eigenvalue weighted by Crippen LogP contribution is 2.26. The van der Waals surface area contributed by atoms with Gasteiger partial charge in [-0.15, -0.1) is 0 Å². The molecule has 5 heteroatoms. The van der Waals surface area contributed by atoms with Crippen LogP contribution in [0.15, 0.2) is 0 Å². The van der Waals surface area contributed by atoms with Crippen LogP contribution < -0.4 is 11.1 Å². The van der Waals surface area contributed by atoms with E-state index < -0.39 is 10.4 Å². The molecule has 0 aliphatic rings. The number of nitrogens with one attached hydrogen (secondary N) is 1. The molecule has 0 rings (SSSR count). The van der Waals surface area contributed by atoms with Gasteiger partial charge in [0.1, 0.15) is 4.32 Å². The largest absolute Gasteiger partial charge is 0.351 e. The van der Waals surface area contributed by atoms with Gasteiger partial charge >= 0.3 is 6.03 Å². The van der Waals surface area contributed by atoms with Gasteiger partial charge in [0.25, 0.3) is 0 Å². The summed E-state index contributed by atoms with van der Waals surface area (Å²) in [6, 6.07) is -0.814. The van der Waals surface area contributed by atoms with Crippen molar-refractivity contribution in [3.63, 3.8) is 0 Å². The van der Waals surface area contributed by atoms with Crippen molar-refractivity contribution in [1.29, 1.82) is 0 Å². The summed E-state index contributed by atoms with van der Waals surface area (Å²) in [6.45, 7) is 8.23. The van der Waals surface area contributed by atoms with Crippen LogP contribution in [0.25, 0.3) is 0 Å². The van der Waals surface area contributed by atoms with Gasteiger partial charge in [0, 0.05) is 0 Å². The summed E-state index contributed by atoms with van der Waals surface area (Å²) in [4.78, 5) is 21.6. The van der Waals surface area contributed by atoms with Crippen LogP contribution in [0.1, 0.15) is 79.1 Å². The van der Waals surface area contributed by atoms with Crippen molar-refractivity contribution < 1.29 is 9.59 Å². The number of hydrogen-bond acceptors (Lipinski definition) is 2. The second-order valence-corrected chi connectivity index (χ2v) is 6.42. The van der Waals surface area contributed by atoms with E-state index in [0.29, 0.717) is 12.8 Å². The number of rotatable bonds is 8. The Morgan fingerprint density at radius 1 is 0.950 bits per heavy atom. The summed E-state index contributed by atoms with van der Waals surface area (Å²) in [6.07, 6.45) is 9.72. The number of amides is 3. The topological polar surface area (TPSA) is 72.2 Å². The maximum absolute atomic E-state index is 11.3. The molecule has 0 saturated carbocycles. The Hall–Kier alpha value is -0.580. The van der Waals surface area contributed by atoms with Crippen LogP contribution in [-0.2, 0) is 4.79 Å². The molecule has 120 valence electrons. The fourth-order valence-corrected chi connectivity index (χ4v) is 1.75. The van der Waals surface area contributed by atoms with E-state index in [1.165, 1.54) is 38.5 Å². The molecule has 0 fully saturated rings. The molecule has 0 saturated heterocycles. The third-order valence-corrected chi connectivity index (χ3v) is 4.70. The highest BCUT2D eigenvalue weighted by molar-refractivity contribution is 9.10. The van der Waals surface area contributed by atoms with E-state index in [4.69, 9.17) is 5.73 Å². The van der Waals surface area contributed by atoms with Crippen LogP contribution in [0, 0.1) is 0 Å². The number of carbonyl (C=O) groups is 2. The van der Waals surface area contributed by atoms with Crippen molar-refractivity contribution in [2.45, 2.75) is 83.4 Å². The molecule has 0 unspecified atom stereocenters. The van der Waals surface area contributed by atoms with E-state index in [0.717, 1.165) is 0 Å². The second-order valence-electron chi connectivity index (χ2n) is 4.91. The SMILES string of the molecule is CCC(Br)(CC)C(=O)NC(N)=O.CCCCCCCC. The maximum atomic E-state index is 11.3. The minimum Gasteiger partial charge on any atom is -0.351 e. The molecule has 3 N–H and O–H groups in total. The first-order valence-corrected chi connectivity index (χ1v) is 8.46. The number of imide groups is 1. The van der Waals surface area contributed by atoms with E-state index in [1.54, 1.807) is 0 Å². The molecular weight excluding hydrogens is 320 g/mol. The monoisotopic (exact) mass is 350 g/mol. The molecule has 0 radical (unpaired) electrons. The Kier molecular flexibility index (Phi) is 14.6. The first-order valence-electron chi connectivity index (χ1n) is 7.67. The molecule has 0 aliphatic carbocycles. The lowest BCUT2D eigenvalue weighted by Crippen LogP contribution is -2.46. The maximum Gasteiger partial charge on any atom is 0.318 e. The average molecular weight is 351 g/mol. The zero-order valence-electron chi connectivity index (χ0n) is 13.4. The smallest absolute Gasteiger partial charge is 0.318 e. The van der Waals surface area contributed by atoms with Gasteiger partial charge in [-0.1, -0.05) is 82.1 Å². The zero-order chi connectivity index (χ0) is 16.0. The van der Waals surface area contributed by atoms with Crippen molar-refractivity contribution in [3.8, 4) is 0 Å². The van der Waals surface area contributed by atoms with Crippen molar-refractivity contribution in [2.75, 3.05) is 0 Å². The van der Waals surface area contributed by atoms with Crippen LogP contribution in [0.4, 0.5) is 4.79 Å². The number of urea groups is 1. The van der Waals surface area contributed by atoms with Gasteiger partial charge < -0.3 is 5.73 Å². The number of halogens is 1. The van der Waals surface area contributed by atoms with Gasteiger partial charge in [-0.2, -0.15) is 0 Å². The summed E-state index contributed by atoms with van der Waals surface area (Å²) < 4.78 is -0.665. The summed E-state index contributed by atoms with van der Waals surface area (Å²) >= 11 is 3.26. The van der Waals surface area contributed by atoms with E-state index in [-0.39, 0.29) is 5.91 Å². The number of hydrogen-bond donors (Lipinski definition) is 2. The predicted octanol–water partition coefficient (Wildman–Crippen LogP) is 4.50. The lowest BCUT2D eigenvalue weighted by molar-refractivity contribution is -0.122. The van der Waals surface area contributed by atoms with Gasteiger partial charge in [0.15, 0.2) is 0 Å². The minimum atomic E-state index is -0.814. The van der Waals surface area contributed by atoms with Crippen LogP contribution >= 0.6 is 15.9 Å². The van der Waals surface area contributed by atoms with E-state index >= 15 is 0 Å². The van der Waals surface area contributed by atoms with Gasteiger partial charge in [-0.05, 0) is 12.8 Å². The molecule has 0 aromatic heterocycles. The molecule has 4 nitrogen and oxygen atoms in total. The number of unbranched alkanes of at least 4 members (excludes halogenated alkanes) is 5. The van der Waals surface area contributed by atoms with Crippen LogP contribution in [0.2, 0.25) is 0 Å². The van der Waals surface area contributed by atoms with Gasteiger partial charge in [0.2, 0.25) is 5.91 Å². The summed E-state index contributed by atoms with van der Waals surface area (Å²) in [5.74, 6) is -0.375. The molecule has 0 aliphatic heterocycles. The lowest BCUT2D eigenvalue weighted by Gasteiger charge is -2.21. The molecule has 0 aromatic carbocycles. The Morgan fingerprint density at radius 3 is 1.60 bits per heavy atom. The number of alkyl halides is 1. The third kappa shape index (κ3) is 11.3. The standard InChI is InChI=1S/C8H18.C7H13BrN2O2/c1-3-5-7-8-6-4-2;1-3-7(8,4-2)5(11)10-6(9)12/h3-8H2,1-2H3;3-4H2,1-2H3,(H3,9,10,11,12). The molecule has 20 heavy (non-hydrogen) atoms. The number of primary amides is 1. The van der Waals surface area contributed by atoms with Crippen LogP contribution in [0.5, 0.6) is 0 Å². The fraction of sp³-hybridized carbons (Fsp3) is 0.867. The lowest BCUT2D eigenvalue weighted by atomic mass is 10.0. The van der Waals surface area contributed by atoms with E-state index in [9.17, 15) is 9.59 Å². The quantitative estimate of drug-likeness (QED) is 0.499. The normalized spacial score (nSPS) is 10.4. The highest BCUT2D eigenvalue weighted by Gasteiger charge is 2.32. The van der Waals surface area contributed by atoms with Crippen molar-refractivity contribution in [2.24, 2.45) is 5.73 Å². The number of nitrogens with two attached hydrogens (primary N) is 1. The van der Waals surface area contributed by atoms with Gasteiger partial charge in [-0.25, -0.2) is 4.79 Å². The summed E-state index contributed by atoms with van der Waals surface area (Å²) in [5.41, 5.74) is 4.81. The first-order chi connectivity index (χ1) is 9.37.